The van der Waals surface area contributed by atoms with Crippen LogP contribution in [0.4, 0.5) is 5.69 Å². The second-order valence-corrected chi connectivity index (χ2v) is 14.1. The zero-order chi connectivity index (χ0) is 25.0. The number of thiophene rings is 1. The summed E-state index contributed by atoms with van der Waals surface area (Å²) < 4.78 is 13.3. The number of benzene rings is 2. The van der Waals surface area contributed by atoms with Crippen LogP contribution in [-0.2, 0) is 4.57 Å². The number of hydrogen-bond acceptors (Lipinski definition) is 5. The van der Waals surface area contributed by atoms with Gasteiger partial charge in [-0.15, -0.1) is 11.3 Å². The third-order valence-electron chi connectivity index (χ3n) is 6.19. The standard InChI is InChI=1S/C26H32N3O3PS/c1-16(2)33(32,17(3)4)12-11-29-26(31)20-9-7-19(25(28)30)15-21(20)22-14-18(8-10-23(22)27)24-6-5-13-34-24/h5-10,13-17H,11-12,27H2,1-4H3,(H2,28,30)(H,29,31). The Morgan fingerprint density at radius 2 is 1.71 bits per heavy atom. The third kappa shape index (κ3) is 5.43. The lowest BCUT2D eigenvalue weighted by Crippen LogP contribution is -2.29. The quantitative estimate of drug-likeness (QED) is 0.261. The molecule has 0 radical (unpaired) electrons. The summed E-state index contributed by atoms with van der Waals surface area (Å²) >= 11 is 1.60. The van der Waals surface area contributed by atoms with Crippen LogP contribution in [0, 0.1) is 0 Å². The number of carbonyl (C=O) groups is 2. The summed E-state index contributed by atoms with van der Waals surface area (Å²) in [5.74, 6) is -0.901. The minimum Gasteiger partial charge on any atom is -0.398 e. The van der Waals surface area contributed by atoms with Gasteiger partial charge >= 0.3 is 0 Å². The molecule has 180 valence electrons. The number of anilines is 1. The average molecular weight is 498 g/mol. The van der Waals surface area contributed by atoms with E-state index in [0.717, 1.165) is 10.4 Å². The molecule has 0 aliphatic heterocycles. The van der Waals surface area contributed by atoms with Crippen LogP contribution in [0.25, 0.3) is 21.6 Å². The van der Waals surface area contributed by atoms with Gasteiger partial charge in [-0.25, -0.2) is 0 Å². The van der Waals surface area contributed by atoms with Crippen molar-refractivity contribution in [3.05, 3.63) is 65.0 Å². The molecule has 0 saturated carbocycles. The normalized spacial score (nSPS) is 11.7. The molecule has 0 atom stereocenters. The van der Waals surface area contributed by atoms with Crippen molar-refractivity contribution < 1.29 is 14.2 Å². The molecule has 0 aliphatic rings. The molecule has 2 amide bonds. The van der Waals surface area contributed by atoms with E-state index in [1.54, 1.807) is 29.5 Å². The van der Waals surface area contributed by atoms with Crippen molar-refractivity contribution in [1.29, 1.82) is 0 Å². The molecule has 0 spiro atoms. The first-order valence-electron chi connectivity index (χ1n) is 11.3. The van der Waals surface area contributed by atoms with Gasteiger partial charge in [0.15, 0.2) is 0 Å². The monoisotopic (exact) mass is 497 g/mol. The second kappa shape index (κ2) is 10.6. The van der Waals surface area contributed by atoms with Gasteiger partial charge in [-0.3, -0.25) is 9.59 Å². The third-order valence-corrected chi connectivity index (χ3v) is 11.5. The van der Waals surface area contributed by atoms with Gasteiger partial charge in [-0.1, -0.05) is 39.8 Å². The summed E-state index contributed by atoms with van der Waals surface area (Å²) in [7, 11) is -2.44. The smallest absolute Gasteiger partial charge is 0.251 e. The zero-order valence-corrected chi connectivity index (χ0v) is 21.7. The van der Waals surface area contributed by atoms with E-state index in [0.29, 0.717) is 35.1 Å². The highest BCUT2D eigenvalue weighted by Gasteiger charge is 2.30. The Morgan fingerprint density at radius 3 is 2.29 bits per heavy atom. The Kier molecular flexibility index (Phi) is 8.01. The molecule has 3 aromatic rings. The van der Waals surface area contributed by atoms with E-state index in [9.17, 15) is 14.2 Å². The zero-order valence-electron chi connectivity index (χ0n) is 20.0. The molecular formula is C26H32N3O3PS. The van der Waals surface area contributed by atoms with Crippen molar-refractivity contribution in [2.75, 3.05) is 18.4 Å². The van der Waals surface area contributed by atoms with Gasteiger partial charge in [-0.2, -0.15) is 0 Å². The van der Waals surface area contributed by atoms with Crippen molar-refractivity contribution in [1.82, 2.24) is 5.32 Å². The van der Waals surface area contributed by atoms with E-state index in [4.69, 9.17) is 11.5 Å². The van der Waals surface area contributed by atoms with Crippen molar-refractivity contribution in [3.63, 3.8) is 0 Å². The number of nitrogens with one attached hydrogen (secondary N) is 1. The number of rotatable bonds is 9. The van der Waals surface area contributed by atoms with Gasteiger partial charge in [0.1, 0.15) is 0 Å². The molecule has 0 saturated heterocycles. The molecular weight excluding hydrogens is 465 g/mol. The number of amides is 2. The van der Waals surface area contributed by atoms with Gasteiger partial charge < -0.3 is 21.3 Å². The van der Waals surface area contributed by atoms with Crippen LogP contribution in [0.3, 0.4) is 0 Å². The maximum Gasteiger partial charge on any atom is 0.251 e. The summed E-state index contributed by atoms with van der Waals surface area (Å²) in [5.41, 5.74) is 15.2. The molecule has 3 rings (SSSR count). The fourth-order valence-electron chi connectivity index (χ4n) is 4.06. The summed E-state index contributed by atoms with van der Waals surface area (Å²) in [6, 6.07) is 14.4. The van der Waals surface area contributed by atoms with E-state index in [-0.39, 0.29) is 22.8 Å². The summed E-state index contributed by atoms with van der Waals surface area (Å²) in [4.78, 5) is 26.2. The van der Waals surface area contributed by atoms with E-state index >= 15 is 0 Å². The summed E-state index contributed by atoms with van der Waals surface area (Å²) in [5, 5.41) is 4.91. The number of carbonyl (C=O) groups excluding carboxylic acids is 2. The topological polar surface area (TPSA) is 115 Å². The van der Waals surface area contributed by atoms with Gasteiger partial charge in [0, 0.05) is 51.3 Å². The van der Waals surface area contributed by atoms with Crippen LogP contribution >= 0.6 is 18.5 Å². The lowest BCUT2D eigenvalue weighted by Gasteiger charge is -2.26. The van der Waals surface area contributed by atoms with Crippen LogP contribution in [0.5, 0.6) is 0 Å². The molecule has 0 aliphatic carbocycles. The first-order valence-corrected chi connectivity index (χ1v) is 14.2. The van der Waals surface area contributed by atoms with E-state index < -0.39 is 13.0 Å². The average Bonchev–Trinajstić information content (AvgIpc) is 3.33. The van der Waals surface area contributed by atoms with E-state index in [1.807, 2.05) is 57.3 Å². The van der Waals surface area contributed by atoms with Gasteiger partial charge in [0.25, 0.3) is 5.91 Å². The molecule has 0 unspecified atom stereocenters. The Balaban J connectivity index is 1.97. The first-order chi connectivity index (χ1) is 16.0. The predicted octanol–water partition coefficient (Wildman–Crippen LogP) is 5.67. The van der Waals surface area contributed by atoms with Crippen molar-refractivity contribution in [3.8, 4) is 21.6 Å². The van der Waals surface area contributed by atoms with Crippen LogP contribution in [0.15, 0.2) is 53.9 Å². The van der Waals surface area contributed by atoms with Crippen molar-refractivity contribution in [2.45, 2.75) is 39.0 Å². The Bertz CT molecular complexity index is 1220. The Morgan fingerprint density at radius 1 is 1.00 bits per heavy atom. The Labute approximate surface area is 205 Å². The van der Waals surface area contributed by atoms with Gasteiger partial charge in [-0.05, 0) is 52.9 Å². The minimum atomic E-state index is -2.44. The van der Waals surface area contributed by atoms with Crippen molar-refractivity contribution >= 4 is 36.0 Å². The molecule has 6 nitrogen and oxygen atoms in total. The van der Waals surface area contributed by atoms with Crippen LogP contribution in [0.1, 0.15) is 48.4 Å². The van der Waals surface area contributed by atoms with Crippen LogP contribution in [-0.4, -0.2) is 35.8 Å². The highest BCUT2D eigenvalue weighted by Crippen LogP contribution is 2.54. The maximum atomic E-state index is 13.3. The van der Waals surface area contributed by atoms with Gasteiger partial charge in [0.2, 0.25) is 5.91 Å². The van der Waals surface area contributed by atoms with Crippen LogP contribution in [0.2, 0.25) is 0 Å². The van der Waals surface area contributed by atoms with E-state index in [1.165, 1.54) is 6.07 Å². The summed E-state index contributed by atoms with van der Waals surface area (Å²) in [6.07, 6.45) is 0.429. The van der Waals surface area contributed by atoms with Crippen molar-refractivity contribution in [2.24, 2.45) is 5.73 Å². The molecule has 0 fully saturated rings. The first kappa shape index (κ1) is 25.7. The SMILES string of the molecule is CC(C)P(=O)(CCNC(=O)c1ccc(C(N)=O)cc1-c1cc(-c2cccs2)ccc1N)C(C)C. The molecule has 34 heavy (non-hydrogen) atoms. The lowest BCUT2D eigenvalue weighted by atomic mass is 9.93. The number of nitrogens with two attached hydrogens (primary N) is 2. The molecule has 2 aromatic carbocycles. The second-order valence-electron chi connectivity index (χ2n) is 8.93. The maximum absolute atomic E-state index is 13.3. The van der Waals surface area contributed by atoms with E-state index in [2.05, 4.69) is 5.32 Å². The molecule has 1 heterocycles. The fraction of sp³-hybridized carbons (Fsp3) is 0.308. The fourth-order valence-corrected chi connectivity index (χ4v) is 7.47. The highest BCUT2D eigenvalue weighted by atomic mass is 32.1. The lowest BCUT2D eigenvalue weighted by molar-refractivity contribution is 0.0953. The number of nitrogen functional groups attached to an aromatic ring is 1. The molecule has 5 N–H and O–H groups in total. The highest BCUT2D eigenvalue weighted by molar-refractivity contribution is 7.65. The largest absolute Gasteiger partial charge is 0.398 e. The summed E-state index contributed by atoms with van der Waals surface area (Å²) in [6.45, 7) is 8.16. The Hall–Kier alpha value is -2.89. The molecule has 1 aromatic heterocycles. The molecule has 0 bridgehead atoms. The molecule has 8 heteroatoms. The van der Waals surface area contributed by atoms with Crippen LogP contribution < -0.4 is 16.8 Å². The minimum absolute atomic E-state index is 0.0506. The number of hydrogen-bond donors (Lipinski definition) is 3. The predicted molar refractivity (Wildman–Crippen MR) is 143 cm³/mol. The van der Waals surface area contributed by atoms with Gasteiger partial charge in [0.05, 0.1) is 7.14 Å². The number of primary amides is 1.